The van der Waals surface area contributed by atoms with E-state index in [2.05, 4.69) is 48.5 Å². The summed E-state index contributed by atoms with van der Waals surface area (Å²) in [5, 5.41) is 0. The summed E-state index contributed by atoms with van der Waals surface area (Å²) in [5.74, 6) is 1.18. The minimum Gasteiger partial charge on any atom is -0.467 e. The number of fused-ring (bicyclic) bond motifs is 7. The number of benzene rings is 2. The molecule has 0 aromatic heterocycles. The average Bonchev–Trinajstić information content (AvgIpc) is 3.08. The monoisotopic (exact) mass is 306 g/mol. The highest BCUT2D eigenvalue weighted by Gasteiger charge is 2.77. The SMILES string of the molecule is COC(=O)COCC12C3c4ccccc4C1C2c1ccccc13. The first kappa shape index (κ1) is 13.3. The van der Waals surface area contributed by atoms with Crippen molar-refractivity contribution in [3.63, 3.8) is 0 Å². The molecule has 1 fully saturated rings. The molecule has 1 saturated carbocycles. The zero-order chi connectivity index (χ0) is 15.6. The Hall–Kier alpha value is -2.13. The first-order valence-corrected chi connectivity index (χ1v) is 8.11. The molecule has 2 aromatic carbocycles. The van der Waals surface area contributed by atoms with Crippen LogP contribution in [0, 0.1) is 5.41 Å². The second-order valence-corrected chi connectivity index (χ2v) is 6.83. The normalized spacial score (nSPS) is 31.3. The molecule has 0 radical (unpaired) electrons. The summed E-state index contributed by atoms with van der Waals surface area (Å²) in [4.78, 5) is 11.4. The summed E-state index contributed by atoms with van der Waals surface area (Å²) in [6.07, 6.45) is 0. The van der Waals surface area contributed by atoms with E-state index in [4.69, 9.17) is 9.47 Å². The van der Waals surface area contributed by atoms with Gasteiger partial charge in [0.25, 0.3) is 0 Å². The highest BCUT2D eigenvalue weighted by Crippen LogP contribution is 2.85. The zero-order valence-electron chi connectivity index (χ0n) is 13.0. The fraction of sp³-hybridized carbons (Fsp3) is 0.350. The molecule has 2 unspecified atom stereocenters. The summed E-state index contributed by atoms with van der Waals surface area (Å²) in [6.45, 7) is 0.655. The van der Waals surface area contributed by atoms with Crippen LogP contribution in [0.5, 0.6) is 0 Å². The maximum absolute atomic E-state index is 11.4. The molecular weight excluding hydrogens is 288 g/mol. The Balaban J connectivity index is 1.54. The van der Waals surface area contributed by atoms with E-state index < -0.39 is 0 Å². The second-order valence-electron chi connectivity index (χ2n) is 6.83. The fourth-order valence-electron chi connectivity index (χ4n) is 5.25. The first-order chi connectivity index (χ1) is 11.3. The molecule has 0 spiro atoms. The van der Waals surface area contributed by atoms with Crippen molar-refractivity contribution in [3.8, 4) is 0 Å². The molecule has 3 nitrogen and oxygen atoms in total. The summed E-state index contributed by atoms with van der Waals surface area (Å²) >= 11 is 0. The van der Waals surface area contributed by atoms with Crippen molar-refractivity contribution in [2.24, 2.45) is 5.41 Å². The molecule has 3 heteroatoms. The highest BCUT2D eigenvalue weighted by molar-refractivity contribution is 5.71. The number of hydrogen-bond acceptors (Lipinski definition) is 3. The van der Waals surface area contributed by atoms with Crippen LogP contribution in [0.4, 0.5) is 0 Å². The molecule has 0 bridgehead atoms. The van der Waals surface area contributed by atoms with E-state index in [1.165, 1.54) is 29.4 Å². The van der Waals surface area contributed by atoms with E-state index in [1.54, 1.807) is 0 Å². The highest BCUT2D eigenvalue weighted by atomic mass is 16.6. The average molecular weight is 306 g/mol. The van der Waals surface area contributed by atoms with Crippen molar-refractivity contribution < 1.29 is 14.3 Å². The molecule has 0 amide bonds. The first-order valence-electron chi connectivity index (χ1n) is 8.11. The molecule has 2 aromatic rings. The molecular formula is C20H18O3. The van der Waals surface area contributed by atoms with Crippen molar-refractivity contribution in [2.45, 2.75) is 17.8 Å². The topological polar surface area (TPSA) is 35.5 Å². The van der Waals surface area contributed by atoms with Gasteiger partial charge in [-0.2, -0.15) is 0 Å². The Morgan fingerprint density at radius 3 is 2.00 bits per heavy atom. The van der Waals surface area contributed by atoms with Gasteiger partial charge in [0.05, 0.1) is 13.7 Å². The number of esters is 1. The van der Waals surface area contributed by atoms with Gasteiger partial charge in [-0.25, -0.2) is 4.79 Å². The molecule has 0 N–H and O–H groups in total. The number of rotatable bonds is 4. The second kappa shape index (κ2) is 4.45. The lowest BCUT2D eigenvalue weighted by Gasteiger charge is -2.21. The maximum atomic E-state index is 11.4. The van der Waals surface area contributed by atoms with Crippen LogP contribution in [0.3, 0.4) is 0 Å². The van der Waals surface area contributed by atoms with E-state index in [0.717, 1.165) is 0 Å². The number of carbonyl (C=O) groups is 1. The molecule has 3 aliphatic rings. The van der Waals surface area contributed by atoms with Crippen LogP contribution in [0.25, 0.3) is 0 Å². The third-order valence-electron chi connectivity index (χ3n) is 6.00. The van der Waals surface area contributed by atoms with Crippen molar-refractivity contribution in [1.82, 2.24) is 0 Å². The Kier molecular flexibility index (Phi) is 2.58. The minimum atomic E-state index is -0.307. The lowest BCUT2D eigenvalue weighted by atomic mass is 9.85. The Morgan fingerprint density at radius 2 is 1.48 bits per heavy atom. The van der Waals surface area contributed by atoms with E-state index in [9.17, 15) is 4.79 Å². The maximum Gasteiger partial charge on any atom is 0.331 e. The van der Waals surface area contributed by atoms with Crippen LogP contribution in [-0.2, 0) is 14.3 Å². The molecule has 0 aliphatic heterocycles. The van der Waals surface area contributed by atoms with E-state index in [-0.39, 0.29) is 18.0 Å². The fourth-order valence-corrected chi connectivity index (χ4v) is 5.25. The molecule has 0 saturated heterocycles. The van der Waals surface area contributed by atoms with E-state index in [0.29, 0.717) is 24.4 Å². The lowest BCUT2D eigenvalue weighted by Crippen LogP contribution is -2.20. The van der Waals surface area contributed by atoms with E-state index in [1.807, 2.05) is 0 Å². The van der Waals surface area contributed by atoms with Crippen molar-refractivity contribution >= 4 is 5.97 Å². The van der Waals surface area contributed by atoms with Gasteiger partial charge in [0.15, 0.2) is 0 Å². The number of ether oxygens (including phenoxy) is 2. The van der Waals surface area contributed by atoms with Gasteiger partial charge in [0, 0.05) is 23.2 Å². The Bertz CT molecular complexity index is 757. The molecule has 23 heavy (non-hydrogen) atoms. The summed E-state index contributed by atoms with van der Waals surface area (Å²) < 4.78 is 10.5. The van der Waals surface area contributed by atoms with Gasteiger partial charge in [-0.05, 0) is 22.3 Å². The summed E-state index contributed by atoms with van der Waals surface area (Å²) in [7, 11) is 1.40. The smallest absolute Gasteiger partial charge is 0.331 e. The lowest BCUT2D eigenvalue weighted by molar-refractivity contribution is -0.146. The number of methoxy groups -OCH3 is 1. The number of hydrogen-bond donors (Lipinski definition) is 0. The largest absolute Gasteiger partial charge is 0.467 e. The molecule has 116 valence electrons. The molecule has 0 heterocycles. The molecule has 2 atom stereocenters. The predicted molar refractivity (Wildman–Crippen MR) is 85.5 cm³/mol. The van der Waals surface area contributed by atoms with Gasteiger partial charge in [-0.1, -0.05) is 48.5 Å². The van der Waals surface area contributed by atoms with Crippen LogP contribution in [-0.4, -0.2) is 26.3 Å². The van der Waals surface area contributed by atoms with E-state index >= 15 is 0 Å². The van der Waals surface area contributed by atoms with Crippen molar-refractivity contribution in [3.05, 3.63) is 70.8 Å². The van der Waals surface area contributed by atoms with Gasteiger partial charge in [-0.15, -0.1) is 0 Å². The van der Waals surface area contributed by atoms with Crippen molar-refractivity contribution in [1.29, 1.82) is 0 Å². The molecule has 3 aliphatic carbocycles. The van der Waals surface area contributed by atoms with Gasteiger partial charge < -0.3 is 9.47 Å². The Labute approximate surface area is 135 Å². The number of carbonyl (C=O) groups excluding carboxylic acids is 1. The van der Waals surface area contributed by atoms with Crippen LogP contribution in [0.15, 0.2) is 48.5 Å². The third kappa shape index (κ3) is 1.51. The van der Waals surface area contributed by atoms with Crippen LogP contribution >= 0.6 is 0 Å². The summed E-state index contributed by atoms with van der Waals surface area (Å²) in [5.41, 5.74) is 5.95. The van der Waals surface area contributed by atoms with Gasteiger partial charge in [0.1, 0.15) is 6.61 Å². The van der Waals surface area contributed by atoms with Crippen LogP contribution in [0.2, 0.25) is 0 Å². The molecule has 5 rings (SSSR count). The minimum absolute atomic E-state index is 0.0388. The summed E-state index contributed by atoms with van der Waals surface area (Å²) in [6, 6.07) is 17.6. The third-order valence-corrected chi connectivity index (χ3v) is 6.00. The van der Waals surface area contributed by atoms with Crippen molar-refractivity contribution in [2.75, 3.05) is 20.3 Å². The van der Waals surface area contributed by atoms with Crippen LogP contribution in [0.1, 0.15) is 40.0 Å². The van der Waals surface area contributed by atoms with Crippen LogP contribution < -0.4 is 0 Å². The van der Waals surface area contributed by atoms with Gasteiger partial charge in [-0.3, -0.25) is 0 Å². The standard InChI is InChI=1S/C20H18O3/c1-22-16(21)10-23-11-20-17-12-6-2-4-8-14(12)18(20)19(20)15-9-5-3-7-13(15)17/h2-9,17-19H,10-11H2,1H3. The zero-order valence-corrected chi connectivity index (χ0v) is 13.0. The predicted octanol–water partition coefficient (Wildman–Crippen LogP) is 3.20. The van der Waals surface area contributed by atoms with Gasteiger partial charge in [0.2, 0.25) is 0 Å². The van der Waals surface area contributed by atoms with Gasteiger partial charge >= 0.3 is 5.97 Å². The quantitative estimate of drug-likeness (QED) is 0.814. The Morgan fingerprint density at radius 1 is 0.957 bits per heavy atom.